The van der Waals surface area contributed by atoms with E-state index in [-0.39, 0.29) is 11.6 Å². The van der Waals surface area contributed by atoms with Crippen molar-refractivity contribution >= 4 is 11.6 Å². The van der Waals surface area contributed by atoms with E-state index in [2.05, 4.69) is 5.32 Å². The van der Waals surface area contributed by atoms with Gasteiger partial charge >= 0.3 is 0 Å². The standard InChI is InChI=1S/C16H22ClNO2/c1-18-14(10-16(19-2)5-3-6-16)13-9-12(17)8-11-4-7-20-15(11)13/h8-9,14,18H,3-7,10H2,1-2H3. The van der Waals surface area contributed by atoms with Crippen LogP contribution in [0, 0.1) is 0 Å². The van der Waals surface area contributed by atoms with E-state index in [0.29, 0.717) is 0 Å². The summed E-state index contributed by atoms with van der Waals surface area (Å²) in [4.78, 5) is 0. The topological polar surface area (TPSA) is 30.5 Å². The van der Waals surface area contributed by atoms with E-state index in [1.54, 1.807) is 0 Å². The van der Waals surface area contributed by atoms with Crippen LogP contribution in [0.1, 0.15) is 42.9 Å². The first-order valence-corrected chi connectivity index (χ1v) is 7.73. The second-order valence-electron chi connectivity index (χ2n) is 5.87. The average molecular weight is 296 g/mol. The summed E-state index contributed by atoms with van der Waals surface area (Å²) in [7, 11) is 3.82. The number of ether oxygens (including phenoxy) is 2. The number of hydrogen-bond acceptors (Lipinski definition) is 3. The molecular formula is C16H22ClNO2. The minimum atomic E-state index is 0.0292. The zero-order chi connectivity index (χ0) is 14.2. The molecule has 1 aliphatic heterocycles. The molecule has 0 radical (unpaired) electrons. The number of methoxy groups -OCH3 is 1. The molecule has 1 fully saturated rings. The summed E-state index contributed by atoms with van der Waals surface area (Å²) in [6, 6.07) is 4.28. The van der Waals surface area contributed by atoms with E-state index in [1.807, 2.05) is 26.3 Å². The molecule has 1 aromatic rings. The Kier molecular flexibility index (Phi) is 3.93. The number of halogens is 1. The summed E-state index contributed by atoms with van der Waals surface area (Å²) in [5, 5.41) is 4.21. The van der Waals surface area contributed by atoms with Crippen LogP contribution in [-0.2, 0) is 11.2 Å². The van der Waals surface area contributed by atoms with Gasteiger partial charge < -0.3 is 14.8 Å². The van der Waals surface area contributed by atoms with E-state index in [1.165, 1.54) is 17.5 Å². The number of benzene rings is 1. The van der Waals surface area contributed by atoms with Gasteiger partial charge in [0.15, 0.2) is 0 Å². The van der Waals surface area contributed by atoms with Gasteiger partial charge in [0.2, 0.25) is 0 Å². The van der Waals surface area contributed by atoms with Gasteiger partial charge in [-0.05, 0) is 50.4 Å². The molecule has 3 nitrogen and oxygen atoms in total. The molecule has 0 aromatic heterocycles. The van der Waals surface area contributed by atoms with Crippen molar-refractivity contribution in [2.75, 3.05) is 20.8 Å². The zero-order valence-electron chi connectivity index (χ0n) is 12.2. The van der Waals surface area contributed by atoms with Gasteiger partial charge in [-0.15, -0.1) is 0 Å². The lowest BCUT2D eigenvalue weighted by atomic mass is 9.74. The number of fused-ring (bicyclic) bond motifs is 1. The van der Waals surface area contributed by atoms with Crippen LogP contribution >= 0.6 is 11.6 Å². The van der Waals surface area contributed by atoms with Gasteiger partial charge in [0.05, 0.1) is 12.2 Å². The molecule has 1 atom stereocenters. The lowest BCUT2D eigenvalue weighted by Crippen LogP contribution is -2.42. The van der Waals surface area contributed by atoms with E-state index >= 15 is 0 Å². The first-order valence-electron chi connectivity index (χ1n) is 7.35. The Hall–Kier alpha value is -0.770. The molecule has 1 heterocycles. The van der Waals surface area contributed by atoms with Gasteiger partial charge in [-0.25, -0.2) is 0 Å². The van der Waals surface area contributed by atoms with Crippen molar-refractivity contribution in [2.24, 2.45) is 0 Å². The maximum atomic E-state index is 6.27. The highest BCUT2D eigenvalue weighted by Gasteiger charge is 2.40. The van der Waals surface area contributed by atoms with Crippen LogP contribution in [0.4, 0.5) is 0 Å². The van der Waals surface area contributed by atoms with Crippen LogP contribution in [-0.4, -0.2) is 26.4 Å². The Balaban J connectivity index is 1.90. The number of nitrogens with one attached hydrogen (secondary N) is 1. The Morgan fingerprint density at radius 2 is 2.25 bits per heavy atom. The highest BCUT2D eigenvalue weighted by Crippen LogP contribution is 2.45. The number of hydrogen-bond donors (Lipinski definition) is 1. The average Bonchev–Trinajstić information content (AvgIpc) is 2.86. The molecule has 20 heavy (non-hydrogen) atoms. The summed E-state index contributed by atoms with van der Waals surface area (Å²) in [6.07, 6.45) is 5.47. The molecule has 110 valence electrons. The molecule has 1 N–H and O–H groups in total. The maximum Gasteiger partial charge on any atom is 0.127 e. The largest absolute Gasteiger partial charge is 0.493 e. The smallest absolute Gasteiger partial charge is 0.127 e. The van der Waals surface area contributed by atoms with Crippen LogP contribution in [0.2, 0.25) is 5.02 Å². The van der Waals surface area contributed by atoms with E-state index in [0.717, 1.165) is 43.1 Å². The van der Waals surface area contributed by atoms with Crippen molar-refractivity contribution in [3.63, 3.8) is 0 Å². The minimum absolute atomic E-state index is 0.0292. The monoisotopic (exact) mass is 295 g/mol. The molecule has 1 saturated carbocycles. The lowest BCUT2D eigenvalue weighted by molar-refractivity contribution is -0.0835. The van der Waals surface area contributed by atoms with Gasteiger partial charge in [0, 0.05) is 30.2 Å². The Morgan fingerprint density at radius 1 is 1.45 bits per heavy atom. The predicted octanol–water partition coefficient (Wildman–Crippen LogP) is 3.49. The summed E-state index contributed by atoms with van der Waals surface area (Å²) in [6.45, 7) is 0.758. The summed E-state index contributed by atoms with van der Waals surface area (Å²) >= 11 is 6.27. The molecule has 0 bridgehead atoms. The van der Waals surface area contributed by atoms with Gasteiger partial charge in [-0.1, -0.05) is 11.6 Å². The molecule has 3 rings (SSSR count). The third-order valence-electron chi connectivity index (χ3n) is 4.77. The van der Waals surface area contributed by atoms with Crippen molar-refractivity contribution in [3.05, 3.63) is 28.3 Å². The second-order valence-corrected chi connectivity index (χ2v) is 6.30. The Labute approximate surface area is 125 Å². The van der Waals surface area contributed by atoms with Crippen LogP contribution in [0.5, 0.6) is 5.75 Å². The number of rotatable bonds is 5. The molecule has 1 aromatic carbocycles. The fourth-order valence-corrected chi connectivity index (χ4v) is 3.61. The third-order valence-corrected chi connectivity index (χ3v) is 4.99. The summed E-state index contributed by atoms with van der Waals surface area (Å²) in [5.41, 5.74) is 2.44. The van der Waals surface area contributed by atoms with Crippen molar-refractivity contribution in [1.29, 1.82) is 0 Å². The van der Waals surface area contributed by atoms with Crippen molar-refractivity contribution in [1.82, 2.24) is 5.32 Å². The summed E-state index contributed by atoms with van der Waals surface area (Å²) < 4.78 is 11.6. The molecule has 0 amide bonds. The Bertz CT molecular complexity index is 494. The second kappa shape index (κ2) is 5.55. The van der Waals surface area contributed by atoms with Crippen molar-refractivity contribution in [2.45, 2.75) is 43.7 Å². The maximum absolute atomic E-state index is 6.27. The molecule has 0 spiro atoms. The molecular weight excluding hydrogens is 274 g/mol. The van der Waals surface area contributed by atoms with Gasteiger partial charge in [0.1, 0.15) is 5.75 Å². The van der Waals surface area contributed by atoms with E-state index in [9.17, 15) is 0 Å². The van der Waals surface area contributed by atoms with Crippen LogP contribution in [0.25, 0.3) is 0 Å². The van der Waals surface area contributed by atoms with Crippen LogP contribution < -0.4 is 10.1 Å². The molecule has 1 aliphatic carbocycles. The first-order chi connectivity index (χ1) is 9.67. The highest BCUT2D eigenvalue weighted by molar-refractivity contribution is 6.30. The van der Waals surface area contributed by atoms with Crippen molar-refractivity contribution < 1.29 is 9.47 Å². The molecule has 4 heteroatoms. The SMILES string of the molecule is CNC(CC1(OC)CCC1)c1cc(Cl)cc2c1OCC2. The fraction of sp³-hybridized carbons (Fsp3) is 0.625. The molecule has 2 aliphatic rings. The third kappa shape index (κ3) is 2.43. The first kappa shape index (κ1) is 14.2. The van der Waals surface area contributed by atoms with Crippen molar-refractivity contribution in [3.8, 4) is 5.75 Å². The Morgan fingerprint density at radius 3 is 2.85 bits per heavy atom. The zero-order valence-corrected chi connectivity index (χ0v) is 12.9. The minimum Gasteiger partial charge on any atom is -0.493 e. The molecule has 1 unspecified atom stereocenters. The fourth-order valence-electron chi connectivity index (χ4n) is 3.36. The van der Waals surface area contributed by atoms with Crippen LogP contribution in [0.15, 0.2) is 12.1 Å². The summed E-state index contributed by atoms with van der Waals surface area (Å²) in [5.74, 6) is 1.03. The van der Waals surface area contributed by atoms with Gasteiger partial charge in [0.25, 0.3) is 0 Å². The van der Waals surface area contributed by atoms with Crippen LogP contribution in [0.3, 0.4) is 0 Å². The van der Waals surface area contributed by atoms with Gasteiger partial charge in [-0.2, -0.15) is 0 Å². The normalized spacial score (nSPS) is 20.9. The lowest BCUT2D eigenvalue weighted by Gasteiger charge is -2.43. The van der Waals surface area contributed by atoms with Gasteiger partial charge in [-0.3, -0.25) is 0 Å². The molecule has 0 saturated heterocycles. The quantitative estimate of drug-likeness (QED) is 0.902. The highest BCUT2D eigenvalue weighted by atomic mass is 35.5. The van der Waals surface area contributed by atoms with E-state index in [4.69, 9.17) is 21.1 Å². The predicted molar refractivity (Wildman–Crippen MR) is 80.7 cm³/mol. The van der Waals surface area contributed by atoms with E-state index < -0.39 is 0 Å².